The van der Waals surface area contributed by atoms with Gasteiger partial charge in [0.25, 0.3) is 5.91 Å². The Hall–Kier alpha value is -5.48. The maximum absolute atomic E-state index is 14.6. The molecule has 2 aliphatic heterocycles. The van der Waals surface area contributed by atoms with Crippen LogP contribution < -0.4 is 26.0 Å². The first kappa shape index (κ1) is 46.5. The Morgan fingerprint density at radius 1 is 0.953 bits per heavy atom. The molecule has 64 heavy (non-hydrogen) atoms. The minimum Gasteiger partial charge on any atom is -0.487 e. The Morgan fingerprint density at radius 3 is 2.47 bits per heavy atom. The van der Waals surface area contributed by atoms with Gasteiger partial charge in [-0.2, -0.15) is 0 Å². The molecular formula is C46H51ClFN7O8S. The van der Waals surface area contributed by atoms with Crippen molar-refractivity contribution in [3.05, 3.63) is 99.4 Å². The van der Waals surface area contributed by atoms with E-state index in [9.17, 15) is 23.6 Å². The lowest BCUT2D eigenvalue weighted by Crippen LogP contribution is -2.52. The number of carbonyl (C=O) groups is 4. The Labute approximate surface area is 380 Å². The molecule has 1 aliphatic carbocycles. The van der Waals surface area contributed by atoms with Crippen LogP contribution in [-0.4, -0.2) is 110 Å². The molecule has 2 aromatic carbocycles. The van der Waals surface area contributed by atoms with Gasteiger partial charge >= 0.3 is 0 Å². The molecule has 7 rings (SSSR count). The Bertz CT molecular complexity index is 2320. The predicted molar refractivity (Wildman–Crippen MR) is 238 cm³/mol. The van der Waals surface area contributed by atoms with Crippen LogP contribution in [0, 0.1) is 23.1 Å². The van der Waals surface area contributed by atoms with E-state index in [1.54, 1.807) is 30.5 Å². The number of benzene rings is 2. The fourth-order valence-electron chi connectivity index (χ4n) is 7.99. The minimum atomic E-state index is -0.748. The maximum Gasteiger partial charge on any atom is 0.255 e. The van der Waals surface area contributed by atoms with Crippen molar-refractivity contribution in [2.45, 2.75) is 63.6 Å². The number of piperidine rings is 1. The summed E-state index contributed by atoms with van der Waals surface area (Å²) in [5.74, 6) is 5.32. The standard InChI is InChI=1S/C46H51ClFN7O8S/c47-36-9-3-10-38(41(36)48)63-33-14-16-46(17-15-33,29-32-7-2-11-39(52-32)53-45-51-21-28-64-45)44(59)50-20-23-61-25-27-62-26-24-60-22-19-49-18-4-6-31-5-1-8-34-35(31)30-55(43(34)58)37-12-13-40(56)54-42(37)57/h1-3,5,7-11,21,28,33,37,49H,12-20,22-27,29-30H2,(H,50,59)(H,51,52,53)(H,54,56,57). The van der Waals surface area contributed by atoms with Crippen molar-refractivity contribution in [2.75, 3.05) is 64.6 Å². The zero-order valence-corrected chi connectivity index (χ0v) is 36.9. The van der Waals surface area contributed by atoms with Crippen LogP contribution in [0.2, 0.25) is 5.02 Å². The average Bonchev–Trinajstić information content (AvgIpc) is 3.93. The van der Waals surface area contributed by atoms with E-state index in [0.717, 1.165) is 22.0 Å². The summed E-state index contributed by atoms with van der Waals surface area (Å²) < 4.78 is 37.7. The fraction of sp³-hybridized carbons (Fsp3) is 0.435. The molecule has 338 valence electrons. The van der Waals surface area contributed by atoms with Gasteiger partial charge in [-0.05, 0) is 74.1 Å². The number of carbonyl (C=O) groups excluding carboxylic acids is 4. The number of thiazole rings is 1. The normalized spacial score (nSPS) is 19.4. The van der Waals surface area contributed by atoms with Crippen LogP contribution in [-0.2, 0) is 41.6 Å². The molecule has 4 heterocycles. The average molecular weight is 916 g/mol. The second-order valence-electron chi connectivity index (χ2n) is 15.6. The molecule has 1 atom stereocenters. The van der Waals surface area contributed by atoms with E-state index in [1.165, 1.54) is 22.3 Å². The van der Waals surface area contributed by atoms with Gasteiger partial charge < -0.3 is 39.8 Å². The first-order valence-corrected chi connectivity index (χ1v) is 22.7. The summed E-state index contributed by atoms with van der Waals surface area (Å²) >= 11 is 7.45. The number of imide groups is 1. The molecule has 4 aromatic rings. The van der Waals surface area contributed by atoms with Gasteiger partial charge in [-0.25, -0.2) is 14.4 Å². The van der Waals surface area contributed by atoms with Crippen molar-refractivity contribution < 1.29 is 42.5 Å². The monoisotopic (exact) mass is 915 g/mol. The first-order valence-electron chi connectivity index (χ1n) is 21.4. The summed E-state index contributed by atoms with van der Waals surface area (Å²) in [7, 11) is 0. The zero-order valence-electron chi connectivity index (χ0n) is 35.3. The molecule has 1 saturated carbocycles. The van der Waals surface area contributed by atoms with Crippen LogP contribution in [0.4, 0.5) is 15.3 Å². The summed E-state index contributed by atoms with van der Waals surface area (Å²) in [5.41, 5.74) is 2.08. The molecule has 2 aromatic heterocycles. The second kappa shape index (κ2) is 22.9. The van der Waals surface area contributed by atoms with Crippen molar-refractivity contribution in [1.29, 1.82) is 0 Å². The topological polar surface area (TPSA) is 182 Å². The lowest BCUT2D eigenvalue weighted by Gasteiger charge is -2.39. The number of pyridine rings is 1. The SMILES string of the molecule is O=C1CCC(N2Cc3c(C#CCNCCOCCOCCOCCNC(=O)C4(Cc5cccc(Nc6nccs6)n5)CCC(Oc5cccc(Cl)c5F)CC4)cccc3C2=O)C(=O)N1. The molecule has 3 aliphatic rings. The molecule has 4 N–H and O–H groups in total. The number of ether oxygens (including phenoxy) is 4. The summed E-state index contributed by atoms with van der Waals surface area (Å²) in [6.07, 6.45) is 4.54. The van der Waals surface area contributed by atoms with Crippen LogP contribution in [0.15, 0.2) is 66.2 Å². The first-order chi connectivity index (χ1) is 31.2. The Morgan fingerprint density at radius 2 is 1.70 bits per heavy atom. The summed E-state index contributed by atoms with van der Waals surface area (Å²) in [5, 5.41) is 14.5. The number of aromatic nitrogens is 2. The number of rotatable bonds is 21. The van der Waals surface area contributed by atoms with Crippen molar-refractivity contribution in [2.24, 2.45) is 5.41 Å². The Balaban J connectivity index is 0.765. The third-order valence-electron chi connectivity index (χ3n) is 11.3. The largest absolute Gasteiger partial charge is 0.487 e. The molecule has 4 amide bonds. The third-order valence-corrected chi connectivity index (χ3v) is 12.3. The highest BCUT2D eigenvalue weighted by Gasteiger charge is 2.43. The van der Waals surface area contributed by atoms with Crippen LogP contribution >= 0.6 is 22.9 Å². The molecule has 0 bridgehead atoms. The Kier molecular flexibility index (Phi) is 16.7. The van der Waals surface area contributed by atoms with Gasteiger partial charge in [0.15, 0.2) is 16.7 Å². The minimum absolute atomic E-state index is 0.00152. The smallest absolute Gasteiger partial charge is 0.255 e. The highest BCUT2D eigenvalue weighted by atomic mass is 35.5. The number of anilines is 2. The van der Waals surface area contributed by atoms with Crippen LogP contribution in [0.5, 0.6) is 5.75 Å². The van der Waals surface area contributed by atoms with Gasteiger partial charge in [0.2, 0.25) is 17.7 Å². The van der Waals surface area contributed by atoms with Gasteiger partial charge in [0, 0.05) is 60.9 Å². The molecule has 1 unspecified atom stereocenters. The predicted octanol–water partition coefficient (Wildman–Crippen LogP) is 5.19. The quantitative estimate of drug-likeness (QED) is 0.0489. The van der Waals surface area contributed by atoms with Crippen LogP contribution in [0.3, 0.4) is 0 Å². The summed E-state index contributed by atoms with van der Waals surface area (Å²) in [6, 6.07) is 15.1. The molecule has 0 radical (unpaired) electrons. The number of halogens is 2. The van der Waals surface area contributed by atoms with Crippen molar-refractivity contribution in [3.8, 4) is 17.6 Å². The molecule has 15 nitrogen and oxygen atoms in total. The van der Waals surface area contributed by atoms with Gasteiger partial charge in [-0.3, -0.25) is 24.5 Å². The summed E-state index contributed by atoms with van der Waals surface area (Å²) in [6.45, 7) is 3.95. The number of hydrogen-bond acceptors (Lipinski definition) is 13. The molecule has 18 heteroatoms. The van der Waals surface area contributed by atoms with Crippen molar-refractivity contribution in [1.82, 2.24) is 30.8 Å². The highest BCUT2D eigenvalue weighted by molar-refractivity contribution is 7.13. The van der Waals surface area contributed by atoms with E-state index in [-0.39, 0.29) is 47.6 Å². The van der Waals surface area contributed by atoms with E-state index in [0.29, 0.717) is 109 Å². The van der Waals surface area contributed by atoms with E-state index >= 15 is 0 Å². The number of fused-ring (bicyclic) bond motifs is 1. The van der Waals surface area contributed by atoms with E-state index in [4.69, 9.17) is 35.5 Å². The van der Waals surface area contributed by atoms with E-state index in [2.05, 4.69) is 38.1 Å². The number of hydrogen-bond donors (Lipinski definition) is 4. The fourth-order valence-corrected chi connectivity index (χ4v) is 8.69. The lowest BCUT2D eigenvalue weighted by atomic mass is 9.69. The number of nitrogens with zero attached hydrogens (tertiary/aromatic N) is 3. The maximum atomic E-state index is 14.6. The van der Waals surface area contributed by atoms with Gasteiger partial charge in [-0.15, -0.1) is 11.3 Å². The van der Waals surface area contributed by atoms with E-state index < -0.39 is 23.2 Å². The van der Waals surface area contributed by atoms with E-state index in [1.807, 2.05) is 29.6 Å². The second-order valence-corrected chi connectivity index (χ2v) is 16.9. The van der Waals surface area contributed by atoms with Gasteiger partial charge in [0.05, 0.1) is 62.7 Å². The molecule has 2 fully saturated rings. The lowest BCUT2D eigenvalue weighted by molar-refractivity contribution is -0.137. The number of nitrogens with one attached hydrogen (secondary N) is 4. The zero-order chi connectivity index (χ0) is 44.7. The van der Waals surface area contributed by atoms with Gasteiger partial charge in [0.1, 0.15) is 11.9 Å². The molecular weight excluding hydrogens is 865 g/mol. The van der Waals surface area contributed by atoms with Crippen LogP contribution in [0.25, 0.3) is 0 Å². The van der Waals surface area contributed by atoms with Gasteiger partial charge in [-0.1, -0.05) is 41.6 Å². The number of amides is 4. The summed E-state index contributed by atoms with van der Waals surface area (Å²) in [4.78, 5) is 61.5. The van der Waals surface area contributed by atoms with Crippen molar-refractivity contribution in [3.63, 3.8) is 0 Å². The molecule has 0 spiro atoms. The highest BCUT2D eigenvalue weighted by Crippen LogP contribution is 2.41. The van der Waals surface area contributed by atoms with Crippen molar-refractivity contribution >= 4 is 57.5 Å². The van der Waals surface area contributed by atoms with Crippen LogP contribution in [0.1, 0.15) is 65.7 Å². The molecule has 1 saturated heterocycles. The third kappa shape index (κ3) is 12.4.